The van der Waals surface area contributed by atoms with E-state index in [0.717, 1.165) is 16.8 Å². The summed E-state index contributed by atoms with van der Waals surface area (Å²) >= 11 is 6.19. The first-order valence-corrected chi connectivity index (χ1v) is 10.1. The highest BCUT2D eigenvalue weighted by Gasteiger charge is 2.52. The molecule has 0 radical (unpaired) electrons. The summed E-state index contributed by atoms with van der Waals surface area (Å²) in [5, 5.41) is 9.86. The van der Waals surface area contributed by atoms with E-state index in [4.69, 9.17) is 11.6 Å². The molecule has 1 heterocycles. The van der Waals surface area contributed by atoms with Crippen LogP contribution in [0.2, 0.25) is 5.02 Å². The zero-order valence-electron chi connectivity index (χ0n) is 17.2. The summed E-state index contributed by atoms with van der Waals surface area (Å²) in [6.45, 7) is 9.89. The Hall–Kier alpha value is -2.38. The van der Waals surface area contributed by atoms with Gasteiger partial charge in [-0.2, -0.15) is 5.26 Å². The van der Waals surface area contributed by atoms with Crippen LogP contribution >= 0.6 is 11.6 Å². The van der Waals surface area contributed by atoms with Gasteiger partial charge in [-0.15, -0.1) is 0 Å². The quantitative estimate of drug-likeness (QED) is 0.617. The Morgan fingerprint density at radius 3 is 2.36 bits per heavy atom. The van der Waals surface area contributed by atoms with Crippen molar-refractivity contribution in [3.8, 4) is 6.07 Å². The van der Waals surface area contributed by atoms with Crippen LogP contribution in [0.15, 0.2) is 41.1 Å². The van der Waals surface area contributed by atoms with E-state index in [-0.39, 0.29) is 11.7 Å². The Kier molecular flexibility index (Phi) is 6.85. The van der Waals surface area contributed by atoms with E-state index in [2.05, 4.69) is 6.07 Å². The van der Waals surface area contributed by atoms with Crippen LogP contribution in [0.5, 0.6) is 0 Å². The molecule has 1 spiro atoms. The van der Waals surface area contributed by atoms with Gasteiger partial charge in [0.15, 0.2) is 0 Å². The van der Waals surface area contributed by atoms with E-state index < -0.39 is 5.41 Å². The number of hydrogen-bond donors (Lipinski definition) is 0. The molecule has 5 heteroatoms. The molecule has 148 valence electrons. The molecule has 1 aliphatic heterocycles. The largest absolute Gasteiger partial charge is 0.300 e. The fourth-order valence-corrected chi connectivity index (χ4v) is 4.23. The average Bonchev–Trinajstić information content (AvgIpc) is 2.86. The number of halogens is 1. The number of rotatable bonds is 2. The molecule has 4 nitrogen and oxygen atoms in total. The number of Topliss-reactive ketones (excluding diaryl/α,β-unsaturated/α-hetero) is 1. The van der Waals surface area contributed by atoms with Crippen LogP contribution in [0.1, 0.15) is 65.9 Å². The van der Waals surface area contributed by atoms with Crippen molar-refractivity contribution in [2.45, 2.75) is 60.3 Å². The Morgan fingerprint density at radius 2 is 1.82 bits per heavy atom. The lowest BCUT2D eigenvalue weighted by Crippen LogP contribution is -2.40. The molecule has 0 saturated heterocycles. The standard InChI is InChI=1S/C21H21ClN2O2.C2H6/c1-13(2)11-17-14(3)24(19-6-4-5-18(22)16(19)12-23)20(26)21(17)9-7-15(25)8-10-21;1-2/h4-6,11H,7-10H2,1-3H3;1-2H3. The molecule has 3 rings (SSSR count). The van der Waals surface area contributed by atoms with Gasteiger partial charge in [0.25, 0.3) is 0 Å². The molecule has 1 aromatic carbocycles. The minimum Gasteiger partial charge on any atom is -0.300 e. The van der Waals surface area contributed by atoms with Crippen molar-refractivity contribution in [2.24, 2.45) is 5.41 Å². The number of ketones is 1. The summed E-state index contributed by atoms with van der Waals surface area (Å²) in [7, 11) is 0. The summed E-state index contributed by atoms with van der Waals surface area (Å²) in [6, 6.07) is 7.26. The highest BCUT2D eigenvalue weighted by Crippen LogP contribution is 2.52. The fraction of sp³-hybridized carbons (Fsp3) is 0.435. The van der Waals surface area contributed by atoms with Crippen LogP contribution < -0.4 is 4.90 Å². The second-order valence-electron chi connectivity index (χ2n) is 7.23. The van der Waals surface area contributed by atoms with E-state index >= 15 is 0 Å². The number of benzene rings is 1. The first-order valence-electron chi connectivity index (χ1n) is 9.73. The molecule has 0 aromatic heterocycles. The summed E-state index contributed by atoms with van der Waals surface area (Å²) in [5.41, 5.74) is 2.97. The average molecular weight is 399 g/mol. The number of hydrogen-bond acceptors (Lipinski definition) is 3. The van der Waals surface area contributed by atoms with Gasteiger partial charge in [0.1, 0.15) is 11.9 Å². The van der Waals surface area contributed by atoms with Crippen molar-refractivity contribution < 1.29 is 9.59 Å². The molecule has 1 aromatic rings. The van der Waals surface area contributed by atoms with E-state index in [9.17, 15) is 14.9 Å². The van der Waals surface area contributed by atoms with Crippen molar-refractivity contribution in [2.75, 3.05) is 4.90 Å². The van der Waals surface area contributed by atoms with Gasteiger partial charge in [-0.25, -0.2) is 0 Å². The second kappa shape index (κ2) is 8.75. The van der Waals surface area contributed by atoms with Crippen LogP contribution in [-0.2, 0) is 9.59 Å². The van der Waals surface area contributed by atoms with Gasteiger partial charge >= 0.3 is 0 Å². The second-order valence-corrected chi connectivity index (χ2v) is 7.64. The van der Waals surface area contributed by atoms with Crippen LogP contribution in [0.3, 0.4) is 0 Å². The molecular weight excluding hydrogens is 372 g/mol. The summed E-state index contributed by atoms with van der Waals surface area (Å²) in [5.74, 6) is 0.144. The predicted molar refractivity (Wildman–Crippen MR) is 113 cm³/mol. The lowest BCUT2D eigenvalue weighted by molar-refractivity contribution is -0.129. The third kappa shape index (κ3) is 3.64. The minimum absolute atomic E-state index is 0.0613. The number of nitrogens with zero attached hydrogens (tertiary/aromatic N) is 2. The minimum atomic E-state index is -0.690. The molecule has 2 aliphatic rings. The van der Waals surface area contributed by atoms with Crippen molar-refractivity contribution in [1.29, 1.82) is 5.26 Å². The highest BCUT2D eigenvalue weighted by atomic mass is 35.5. The van der Waals surface area contributed by atoms with Crippen molar-refractivity contribution in [3.63, 3.8) is 0 Å². The van der Waals surface area contributed by atoms with Gasteiger partial charge in [-0.05, 0) is 51.3 Å². The molecule has 0 unspecified atom stereocenters. The third-order valence-electron chi connectivity index (χ3n) is 5.29. The topological polar surface area (TPSA) is 61.2 Å². The Labute approximate surface area is 172 Å². The van der Waals surface area contributed by atoms with Crippen molar-refractivity contribution >= 4 is 29.0 Å². The van der Waals surface area contributed by atoms with E-state index in [0.29, 0.717) is 42.0 Å². The van der Waals surface area contributed by atoms with Gasteiger partial charge in [-0.3, -0.25) is 14.5 Å². The van der Waals surface area contributed by atoms with Crippen molar-refractivity contribution in [1.82, 2.24) is 0 Å². The number of carbonyl (C=O) groups excluding carboxylic acids is 2. The third-order valence-corrected chi connectivity index (χ3v) is 5.61. The molecule has 0 N–H and O–H groups in total. The maximum atomic E-state index is 13.6. The highest BCUT2D eigenvalue weighted by molar-refractivity contribution is 6.32. The van der Waals surface area contributed by atoms with Gasteiger partial charge in [0.05, 0.1) is 21.7 Å². The first kappa shape index (κ1) is 21.9. The molecule has 0 atom stereocenters. The van der Waals surface area contributed by atoms with Crippen LogP contribution in [0.25, 0.3) is 0 Å². The summed E-state index contributed by atoms with van der Waals surface area (Å²) in [4.78, 5) is 27.0. The zero-order chi connectivity index (χ0) is 21.1. The molecule has 1 amide bonds. The SMILES string of the molecule is CC.CC(C)=CC1=C(C)N(c2cccc(Cl)c2C#N)C(=O)C12CCC(=O)CC2. The lowest BCUT2D eigenvalue weighted by Gasteiger charge is -2.33. The maximum absolute atomic E-state index is 13.6. The summed E-state index contributed by atoms with van der Waals surface area (Å²) in [6.07, 6.45) is 3.89. The lowest BCUT2D eigenvalue weighted by atomic mass is 9.69. The molecule has 28 heavy (non-hydrogen) atoms. The number of carbonyl (C=O) groups is 2. The number of nitriles is 1. The zero-order valence-corrected chi connectivity index (χ0v) is 18.0. The Morgan fingerprint density at radius 1 is 1.21 bits per heavy atom. The monoisotopic (exact) mass is 398 g/mol. The number of allylic oxidation sites excluding steroid dienone is 3. The Balaban J connectivity index is 0.00000136. The predicted octanol–water partition coefficient (Wildman–Crippen LogP) is 5.95. The molecule has 0 bridgehead atoms. The smallest absolute Gasteiger partial charge is 0.242 e. The van der Waals surface area contributed by atoms with E-state index in [1.54, 1.807) is 23.1 Å². The first-order chi connectivity index (χ1) is 13.3. The van der Waals surface area contributed by atoms with Gasteiger partial charge in [-0.1, -0.05) is 43.2 Å². The Bertz CT molecular complexity index is 892. The normalized spacial score (nSPS) is 18.0. The number of anilines is 1. The molecule has 1 saturated carbocycles. The van der Waals surface area contributed by atoms with E-state index in [1.165, 1.54) is 0 Å². The van der Waals surface area contributed by atoms with Gasteiger partial charge in [0.2, 0.25) is 5.91 Å². The van der Waals surface area contributed by atoms with Crippen LogP contribution in [0, 0.1) is 16.7 Å². The van der Waals surface area contributed by atoms with Crippen LogP contribution in [-0.4, -0.2) is 11.7 Å². The fourth-order valence-electron chi connectivity index (χ4n) is 4.02. The van der Waals surface area contributed by atoms with Gasteiger partial charge < -0.3 is 0 Å². The maximum Gasteiger partial charge on any atom is 0.242 e. The van der Waals surface area contributed by atoms with Crippen molar-refractivity contribution in [3.05, 3.63) is 51.7 Å². The van der Waals surface area contributed by atoms with Crippen LogP contribution in [0.4, 0.5) is 5.69 Å². The molecular formula is C23H27ClN2O2. The number of amides is 1. The summed E-state index contributed by atoms with van der Waals surface area (Å²) < 4.78 is 0. The van der Waals surface area contributed by atoms with E-state index in [1.807, 2.05) is 40.7 Å². The van der Waals surface area contributed by atoms with Gasteiger partial charge in [0, 0.05) is 18.5 Å². The molecule has 1 fully saturated rings. The molecule has 1 aliphatic carbocycles.